The Morgan fingerprint density at radius 1 is 1.36 bits per heavy atom. The van der Waals surface area contributed by atoms with Gasteiger partial charge >= 0.3 is 16.4 Å². The lowest BCUT2D eigenvalue weighted by molar-refractivity contribution is -0.127. The molecule has 12 heteroatoms. The molecular formula is C13H21FN4O6S. The molecule has 0 aromatic heterocycles. The summed E-state index contributed by atoms with van der Waals surface area (Å²) >= 11 is 0. The number of amides is 3. The van der Waals surface area contributed by atoms with Gasteiger partial charge in [-0.3, -0.25) is 9.35 Å². The zero-order valence-corrected chi connectivity index (χ0v) is 14.2. The maximum atomic E-state index is 14.1. The summed E-state index contributed by atoms with van der Waals surface area (Å²) in [6, 6.07) is -2.81. The van der Waals surface area contributed by atoms with E-state index in [1.165, 1.54) is 4.90 Å². The first-order valence-corrected chi connectivity index (χ1v) is 9.55. The fourth-order valence-corrected chi connectivity index (χ4v) is 3.94. The van der Waals surface area contributed by atoms with Crippen LogP contribution in [0, 0.1) is 0 Å². The van der Waals surface area contributed by atoms with Gasteiger partial charge in [-0.1, -0.05) is 0 Å². The Labute approximate surface area is 144 Å². The number of nitrogens with one attached hydrogen (secondary N) is 2. The first-order valence-electron chi connectivity index (χ1n) is 8.18. The van der Waals surface area contributed by atoms with Crippen LogP contribution in [-0.2, 0) is 19.5 Å². The normalized spacial score (nSPS) is 33.3. The minimum absolute atomic E-state index is 0.109. The van der Waals surface area contributed by atoms with Crippen LogP contribution in [0.1, 0.15) is 25.7 Å². The molecule has 3 aliphatic rings. The van der Waals surface area contributed by atoms with Crippen molar-refractivity contribution in [3.63, 3.8) is 0 Å². The first kappa shape index (κ1) is 18.3. The van der Waals surface area contributed by atoms with Gasteiger partial charge in [0.15, 0.2) is 0 Å². The number of nitrogens with zero attached hydrogens (tertiary/aromatic N) is 2. The summed E-state index contributed by atoms with van der Waals surface area (Å²) in [7, 11) is -4.83. The number of hydroxylamine groups is 2. The van der Waals surface area contributed by atoms with Gasteiger partial charge in [0.05, 0.1) is 12.1 Å². The van der Waals surface area contributed by atoms with Crippen molar-refractivity contribution in [2.24, 2.45) is 0 Å². The van der Waals surface area contributed by atoms with Crippen molar-refractivity contribution in [3.05, 3.63) is 0 Å². The van der Waals surface area contributed by atoms with Gasteiger partial charge in [-0.15, -0.1) is 4.28 Å². The van der Waals surface area contributed by atoms with Crippen LogP contribution in [0.25, 0.3) is 0 Å². The number of halogens is 1. The number of piperidine rings is 1. The Kier molecular flexibility index (Phi) is 5.14. The second-order valence-corrected chi connectivity index (χ2v) is 7.49. The maximum Gasteiger partial charge on any atom is 0.418 e. The molecule has 25 heavy (non-hydrogen) atoms. The van der Waals surface area contributed by atoms with Gasteiger partial charge in [-0.05, 0) is 32.2 Å². The van der Waals surface area contributed by atoms with E-state index in [1.54, 1.807) is 0 Å². The van der Waals surface area contributed by atoms with Crippen molar-refractivity contribution in [2.75, 3.05) is 19.6 Å². The zero-order chi connectivity index (χ0) is 18.2. The predicted octanol–water partition coefficient (Wildman–Crippen LogP) is -0.804. The minimum Gasteiger partial charge on any atom is -0.349 e. The lowest BCUT2D eigenvalue weighted by Gasteiger charge is -2.31. The summed E-state index contributed by atoms with van der Waals surface area (Å²) < 4.78 is 48.9. The average molecular weight is 380 g/mol. The summed E-state index contributed by atoms with van der Waals surface area (Å²) in [5.74, 6) is -0.463. The van der Waals surface area contributed by atoms with E-state index in [4.69, 9.17) is 4.55 Å². The highest BCUT2D eigenvalue weighted by Gasteiger charge is 2.49. The molecule has 0 aromatic rings. The van der Waals surface area contributed by atoms with E-state index in [2.05, 4.69) is 14.9 Å². The van der Waals surface area contributed by atoms with Crippen LogP contribution in [0.3, 0.4) is 0 Å². The third kappa shape index (κ3) is 4.02. The van der Waals surface area contributed by atoms with Gasteiger partial charge in [0.2, 0.25) is 5.91 Å². The molecule has 0 unspecified atom stereocenters. The molecule has 10 nitrogen and oxygen atoms in total. The molecule has 0 aromatic carbocycles. The van der Waals surface area contributed by atoms with Crippen LogP contribution < -0.4 is 10.6 Å². The van der Waals surface area contributed by atoms with E-state index in [0.717, 1.165) is 6.42 Å². The van der Waals surface area contributed by atoms with E-state index >= 15 is 0 Å². The SMILES string of the molecule is O=C(N[C@H]1CCCNC[C@H]1F)[C@@H]1CC[C@@H]2CN1C(=O)N2OS(=O)(=O)O. The lowest BCUT2D eigenvalue weighted by atomic mass is 9.99. The molecule has 3 aliphatic heterocycles. The standard InChI is InChI=1S/C13H21FN4O6S/c14-9-6-15-5-1-2-10(9)16-12(19)11-4-3-8-7-17(11)13(20)18(8)24-25(21,22)23/h8-11,15H,1-7H2,(H,16,19)(H,21,22,23)/t8-,9-,10+,11+/m1/s1. The second-order valence-electron chi connectivity index (χ2n) is 6.49. The Hall–Kier alpha value is -1.50. The van der Waals surface area contributed by atoms with E-state index in [-0.39, 0.29) is 13.1 Å². The van der Waals surface area contributed by atoms with Gasteiger partial charge in [0, 0.05) is 13.1 Å². The Morgan fingerprint density at radius 2 is 2.12 bits per heavy atom. The van der Waals surface area contributed by atoms with Crippen LogP contribution in [-0.4, -0.2) is 78.8 Å². The highest BCUT2D eigenvalue weighted by Crippen LogP contribution is 2.31. The summed E-state index contributed by atoms with van der Waals surface area (Å²) in [4.78, 5) is 26.0. The van der Waals surface area contributed by atoms with Crippen LogP contribution in [0.4, 0.5) is 9.18 Å². The number of carbonyl (C=O) groups is 2. The smallest absolute Gasteiger partial charge is 0.349 e. The van der Waals surface area contributed by atoms with Crippen molar-refractivity contribution >= 4 is 22.3 Å². The van der Waals surface area contributed by atoms with Crippen LogP contribution >= 0.6 is 0 Å². The van der Waals surface area contributed by atoms with Crippen molar-refractivity contribution in [3.8, 4) is 0 Å². The number of carbonyl (C=O) groups excluding carboxylic acids is 2. The third-order valence-electron chi connectivity index (χ3n) is 4.77. The Bertz CT molecular complexity index is 646. The molecule has 0 aliphatic carbocycles. The van der Waals surface area contributed by atoms with Crippen molar-refractivity contribution in [1.82, 2.24) is 20.6 Å². The summed E-state index contributed by atoms with van der Waals surface area (Å²) in [6.45, 7) is 0.957. The number of hydrogen-bond acceptors (Lipinski definition) is 6. The molecule has 4 atom stereocenters. The number of hydrogen-bond donors (Lipinski definition) is 3. The van der Waals surface area contributed by atoms with E-state index < -0.39 is 46.6 Å². The summed E-state index contributed by atoms with van der Waals surface area (Å²) in [5, 5.41) is 6.20. The molecule has 3 rings (SSSR count). The number of urea groups is 1. The molecule has 0 radical (unpaired) electrons. The number of rotatable bonds is 4. The Morgan fingerprint density at radius 3 is 2.84 bits per heavy atom. The fourth-order valence-electron chi connectivity index (χ4n) is 3.56. The Balaban J connectivity index is 1.66. The molecule has 2 bridgehead atoms. The van der Waals surface area contributed by atoms with Gasteiger partial charge in [0.25, 0.3) is 0 Å². The third-order valence-corrected chi connectivity index (χ3v) is 5.12. The van der Waals surface area contributed by atoms with Gasteiger partial charge in [-0.25, -0.2) is 9.18 Å². The molecule has 3 amide bonds. The topological polar surface area (TPSA) is 128 Å². The van der Waals surface area contributed by atoms with E-state index in [0.29, 0.717) is 30.9 Å². The molecule has 3 N–H and O–H groups in total. The van der Waals surface area contributed by atoms with Crippen LogP contribution in [0.2, 0.25) is 0 Å². The largest absolute Gasteiger partial charge is 0.418 e. The summed E-state index contributed by atoms with van der Waals surface area (Å²) in [6.07, 6.45) is 0.658. The highest BCUT2D eigenvalue weighted by atomic mass is 32.3. The predicted molar refractivity (Wildman–Crippen MR) is 82.3 cm³/mol. The van der Waals surface area contributed by atoms with Gasteiger partial charge in [0.1, 0.15) is 12.2 Å². The quantitative estimate of drug-likeness (QED) is 0.545. The first-order chi connectivity index (χ1) is 11.8. The fraction of sp³-hybridized carbons (Fsp3) is 0.846. The van der Waals surface area contributed by atoms with Crippen LogP contribution in [0.5, 0.6) is 0 Å². The van der Waals surface area contributed by atoms with Crippen molar-refractivity contribution < 1.29 is 31.2 Å². The summed E-state index contributed by atoms with van der Waals surface area (Å²) in [5.41, 5.74) is 0. The van der Waals surface area contributed by atoms with Crippen molar-refractivity contribution in [1.29, 1.82) is 0 Å². The van der Waals surface area contributed by atoms with Gasteiger partial charge < -0.3 is 15.5 Å². The van der Waals surface area contributed by atoms with Gasteiger partial charge in [-0.2, -0.15) is 13.5 Å². The van der Waals surface area contributed by atoms with Crippen molar-refractivity contribution in [2.45, 2.75) is 50.0 Å². The average Bonchev–Trinajstić information content (AvgIpc) is 2.68. The molecule has 0 saturated carbocycles. The minimum atomic E-state index is -4.83. The molecule has 3 heterocycles. The lowest BCUT2D eigenvalue weighted by Crippen LogP contribution is -2.54. The molecule has 3 saturated heterocycles. The second kappa shape index (κ2) is 7.02. The highest BCUT2D eigenvalue weighted by molar-refractivity contribution is 7.80. The molecular weight excluding hydrogens is 359 g/mol. The van der Waals surface area contributed by atoms with Crippen LogP contribution in [0.15, 0.2) is 0 Å². The molecule has 3 fully saturated rings. The number of fused-ring (bicyclic) bond motifs is 2. The molecule has 142 valence electrons. The maximum absolute atomic E-state index is 14.1. The number of alkyl halides is 1. The van der Waals surface area contributed by atoms with E-state index in [1.807, 2.05) is 0 Å². The zero-order valence-electron chi connectivity index (χ0n) is 13.4. The monoisotopic (exact) mass is 380 g/mol. The molecule has 0 spiro atoms. The van der Waals surface area contributed by atoms with E-state index in [9.17, 15) is 22.4 Å².